The third-order valence-corrected chi connectivity index (χ3v) is 13.3. The van der Waals surface area contributed by atoms with Gasteiger partial charge in [-0.1, -0.05) is 0 Å². The molecule has 1 radical (unpaired) electrons. The van der Waals surface area contributed by atoms with Gasteiger partial charge in [-0.3, -0.25) is 0 Å². The summed E-state index contributed by atoms with van der Waals surface area (Å²) in [7, 11) is -1.19. The van der Waals surface area contributed by atoms with Gasteiger partial charge in [0.05, 0.1) is 0 Å². The van der Waals surface area contributed by atoms with Crippen LogP contribution in [0.15, 0.2) is 0 Å². The number of hydrogen-bond acceptors (Lipinski definition) is 0. The van der Waals surface area contributed by atoms with Gasteiger partial charge < -0.3 is 0 Å². The summed E-state index contributed by atoms with van der Waals surface area (Å²) in [6, 6.07) is 0. The molecule has 171 valence electrons. The average molecular weight is 414 g/mol. The van der Waals surface area contributed by atoms with Crippen LogP contribution < -0.4 is 0 Å². The third-order valence-electron chi connectivity index (χ3n) is 7.13. The Morgan fingerprint density at radius 3 is 0.964 bits per heavy atom. The Balaban J connectivity index is 4.45. The third kappa shape index (κ3) is 15.3. The molecule has 0 saturated carbocycles. The molecule has 0 fully saturated rings. The van der Waals surface area contributed by atoms with Crippen molar-refractivity contribution in [2.75, 3.05) is 18.5 Å². The zero-order chi connectivity index (χ0) is 20.9. The van der Waals surface area contributed by atoms with Gasteiger partial charge in [0, 0.05) is 0 Å². The molecule has 1 unspecified atom stereocenters. The van der Waals surface area contributed by atoms with E-state index in [1.165, 1.54) is 116 Å². The van der Waals surface area contributed by atoms with E-state index in [1.54, 1.807) is 18.5 Å². The summed E-state index contributed by atoms with van der Waals surface area (Å²) < 4.78 is 0. The average Bonchev–Trinajstić information content (AvgIpc) is 2.69. The van der Waals surface area contributed by atoms with E-state index in [4.69, 9.17) is 0 Å². The first-order valence-electron chi connectivity index (χ1n) is 13.5. The Morgan fingerprint density at radius 1 is 0.464 bits per heavy atom. The van der Waals surface area contributed by atoms with Gasteiger partial charge in [0.1, 0.15) is 0 Å². The topological polar surface area (TPSA) is 0 Å². The first kappa shape index (κ1) is 28.4. The molecule has 1 heteroatoms. The quantitative estimate of drug-likeness (QED) is 0.122. The van der Waals surface area contributed by atoms with Crippen molar-refractivity contribution in [3.8, 4) is 0 Å². The van der Waals surface area contributed by atoms with Gasteiger partial charge in [-0.05, 0) is 0 Å². The molecule has 0 N–H and O–H groups in total. The minimum atomic E-state index is -1.19. The molecule has 0 aliphatic carbocycles. The first-order chi connectivity index (χ1) is 13.6. The van der Waals surface area contributed by atoms with Gasteiger partial charge in [0.15, 0.2) is 0 Å². The first-order valence-corrected chi connectivity index (χ1v) is 16.2. The van der Waals surface area contributed by atoms with Crippen LogP contribution >= 0.6 is 7.26 Å². The van der Waals surface area contributed by atoms with Crippen molar-refractivity contribution < 1.29 is 0 Å². The SMILES string of the molecule is [CH2]C(C)[PH](CCCCCCCC)(CCCCCCCC)CCCCCCCC. The fourth-order valence-electron chi connectivity index (χ4n) is 4.89. The molecule has 0 aliphatic rings. The van der Waals surface area contributed by atoms with Crippen molar-refractivity contribution in [3.63, 3.8) is 0 Å². The fraction of sp³-hybridized carbons (Fsp3) is 0.963. The van der Waals surface area contributed by atoms with Crippen LogP contribution in [0, 0.1) is 6.92 Å². The van der Waals surface area contributed by atoms with Crippen LogP contribution in [-0.2, 0) is 0 Å². The zero-order valence-corrected chi connectivity index (χ0v) is 21.6. The molecular formula is C27H58P. The summed E-state index contributed by atoms with van der Waals surface area (Å²) in [4.78, 5) is 0. The summed E-state index contributed by atoms with van der Waals surface area (Å²) in [6.45, 7) is 14.1. The van der Waals surface area contributed by atoms with E-state index in [0.717, 1.165) is 5.66 Å². The summed E-state index contributed by atoms with van der Waals surface area (Å²) in [5.74, 6) is 0. The summed E-state index contributed by atoms with van der Waals surface area (Å²) >= 11 is 0. The number of hydrogen-bond donors (Lipinski definition) is 0. The standard InChI is InChI=1S/C27H58P/c1-6-9-12-15-18-21-24-28(27(4)5,25-22-19-16-13-10-7-2)26-23-20-17-14-11-8-3/h27-28H,4,6-26H2,1-3,5H3. The van der Waals surface area contributed by atoms with E-state index >= 15 is 0 Å². The molecular weight excluding hydrogens is 355 g/mol. The van der Waals surface area contributed by atoms with Gasteiger partial charge in [-0.15, -0.1) is 0 Å². The van der Waals surface area contributed by atoms with Gasteiger partial charge in [0.2, 0.25) is 0 Å². The van der Waals surface area contributed by atoms with E-state index in [-0.39, 0.29) is 0 Å². The van der Waals surface area contributed by atoms with Crippen LogP contribution in [0.25, 0.3) is 0 Å². The van der Waals surface area contributed by atoms with Crippen LogP contribution in [0.4, 0.5) is 0 Å². The maximum atomic E-state index is 4.66. The molecule has 0 amide bonds. The molecule has 0 aromatic carbocycles. The fourth-order valence-corrected chi connectivity index (χ4v) is 9.98. The number of rotatable bonds is 22. The van der Waals surface area contributed by atoms with Crippen molar-refractivity contribution in [2.24, 2.45) is 0 Å². The van der Waals surface area contributed by atoms with Crippen molar-refractivity contribution in [2.45, 2.75) is 149 Å². The molecule has 0 saturated heterocycles. The van der Waals surface area contributed by atoms with Crippen molar-refractivity contribution in [1.82, 2.24) is 0 Å². The molecule has 0 aliphatic heterocycles. The molecule has 0 nitrogen and oxygen atoms in total. The normalized spacial score (nSPS) is 12.8. The van der Waals surface area contributed by atoms with Crippen LogP contribution in [0.3, 0.4) is 0 Å². The van der Waals surface area contributed by atoms with E-state index in [1.807, 2.05) is 0 Å². The maximum absolute atomic E-state index is 4.66. The minimum absolute atomic E-state index is 0.745. The predicted molar refractivity (Wildman–Crippen MR) is 138 cm³/mol. The van der Waals surface area contributed by atoms with Crippen LogP contribution in [0.2, 0.25) is 0 Å². The molecule has 0 heterocycles. The zero-order valence-electron chi connectivity index (χ0n) is 20.6. The second kappa shape index (κ2) is 20.7. The second-order valence-electron chi connectivity index (χ2n) is 9.82. The Hall–Kier alpha value is 0.430. The van der Waals surface area contributed by atoms with Gasteiger partial charge in [-0.25, -0.2) is 0 Å². The Kier molecular flexibility index (Phi) is 21.0. The predicted octanol–water partition coefficient (Wildman–Crippen LogP) is 10.0. The Morgan fingerprint density at radius 2 is 0.714 bits per heavy atom. The van der Waals surface area contributed by atoms with E-state index in [2.05, 4.69) is 34.6 Å². The van der Waals surface area contributed by atoms with Gasteiger partial charge >= 0.3 is 182 Å². The summed E-state index contributed by atoms with van der Waals surface area (Å²) in [6.07, 6.45) is 30.9. The monoisotopic (exact) mass is 413 g/mol. The van der Waals surface area contributed by atoms with Crippen molar-refractivity contribution in [3.05, 3.63) is 6.92 Å². The molecule has 0 aromatic heterocycles. The van der Waals surface area contributed by atoms with E-state index in [0.29, 0.717) is 0 Å². The molecule has 1 atom stereocenters. The van der Waals surface area contributed by atoms with Crippen molar-refractivity contribution >= 4 is 7.26 Å². The molecule has 0 bridgehead atoms. The van der Waals surface area contributed by atoms with Crippen LogP contribution in [0.5, 0.6) is 0 Å². The Labute approximate surface area is 181 Å². The summed E-state index contributed by atoms with van der Waals surface area (Å²) in [5.41, 5.74) is 0.745. The Bertz CT molecular complexity index is 256. The van der Waals surface area contributed by atoms with Gasteiger partial charge in [0.25, 0.3) is 0 Å². The summed E-state index contributed by atoms with van der Waals surface area (Å²) in [5, 5.41) is 0. The van der Waals surface area contributed by atoms with Crippen LogP contribution in [-0.4, -0.2) is 24.1 Å². The molecule has 0 rings (SSSR count). The molecule has 28 heavy (non-hydrogen) atoms. The van der Waals surface area contributed by atoms with Crippen LogP contribution in [0.1, 0.15) is 143 Å². The number of unbranched alkanes of at least 4 members (excludes halogenated alkanes) is 15. The second-order valence-corrected chi connectivity index (χ2v) is 15.0. The van der Waals surface area contributed by atoms with Crippen molar-refractivity contribution in [1.29, 1.82) is 0 Å². The molecule has 0 aromatic rings. The van der Waals surface area contributed by atoms with Gasteiger partial charge in [-0.2, -0.15) is 0 Å². The molecule has 0 spiro atoms. The van der Waals surface area contributed by atoms with E-state index < -0.39 is 7.26 Å². The van der Waals surface area contributed by atoms with E-state index in [9.17, 15) is 0 Å².